The molecule has 1 aliphatic carbocycles. The summed E-state index contributed by atoms with van der Waals surface area (Å²) < 4.78 is 0. The zero-order valence-electron chi connectivity index (χ0n) is 20.1. The third-order valence-corrected chi connectivity index (χ3v) is 7.12. The number of carbonyl (C=O) groups is 2. The number of nitrogens with zero attached hydrogens (tertiary/aromatic N) is 2. The summed E-state index contributed by atoms with van der Waals surface area (Å²) in [6.45, 7) is 1.99. The van der Waals surface area contributed by atoms with Crippen molar-refractivity contribution in [3.63, 3.8) is 0 Å². The molecule has 3 aromatic carbocycles. The van der Waals surface area contributed by atoms with Gasteiger partial charge in [-0.3, -0.25) is 9.59 Å². The molecule has 1 heterocycles. The maximum atomic E-state index is 14.1. The van der Waals surface area contributed by atoms with Gasteiger partial charge in [-0.15, -0.1) is 0 Å². The summed E-state index contributed by atoms with van der Waals surface area (Å²) in [5.41, 5.74) is 3.51. The number of carbonyl (C=O) groups excluding carboxylic acids is 2. The Morgan fingerprint density at radius 1 is 0.886 bits per heavy atom. The van der Waals surface area contributed by atoms with E-state index in [-0.39, 0.29) is 23.9 Å². The standard InChI is InChI=1S/C30H31N3O2/c1-21(22-13-5-2-6-14-22)33-28(29(34)31-24-17-9-4-10-18-24)27(23-15-7-3-8-16-23)32-26-20-12-11-19-25(26)30(33)35/h2-3,5-8,11-16,19-21,24,28H,4,9-10,17-18H2,1H3,(H,31,34)/t21-,28-/m0/s1. The summed E-state index contributed by atoms with van der Waals surface area (Å²) in [6, 6.07) is 26.0. The van der Waals surface area contributed by atoms with Gasteiger partial charge in [-0.1, -0.05) is 92.1 Å². The molecule has 35 heavy (non-hydrogen) atoms. The van der Waals surface area contributed by atoms with Gasteiger partial charge in [0.1, 0.15) is 0 Å². The van der Waals surface area contributed by atoms with E-state index in [9.17, 15) is 9.59 Å². The van der Waals surface area contributed by atoms with Crippen LogP contribution in [0.3, 0.4) is 0 Å². The molecular formula is C30H31N3O2. The maximum absolute atomic E-state index is 14.1. The zero-order valence-corrected chi connectivity index (χ0v) is 20.1. The molecule has 1 N–H and O–H groups in total. The van der Waals surface area contributed by atoms with Crippen molar-refractivity contribution in [1.29, 1.82) is 0 Å². The number of para-hydroxylation sites is 1. The first-order valence-electron chi connectivity index (χ1n) is 12.5. The van der Waals surface area contributed by atoms with E-state index in [4.69, 9.17) is 4.99 Å². The van der Waals surface area contributed by atoms with E-state index in [2.05, 4.69) is 5.32 Å². The number of rotatable bonds is 5. The summed E-state index contributed by atoms with van der Waals surface area (Å²) >= 11 is 0. The van der Waals surface area contributed by atoms with Gasteiger partial charge < -0.3 is 10.2 Å². The van der Waals surface area contributed by atoms with Crippen LogP contribution in [0.4, 0.5) is 5.69 Å². The van der Waals surface area contributed by atoms with Crippen LogP contribution in [0.1, 0.15) is 66.6 Å². The lowest BCUT2D eigenvalue weighted by molar-refractivity contribution is -0.125. The van der Waals surface area contributed by atoms with Crippen LogP contribution in [0.5, 0.6) is 0 Å². The van der Waals surface area contributed by atoms with Crippen LogP contribution < -0.4 is 5.32 Å². The van der Waals surface area contributed by atoms with Gasteiger partial charge in [-0.25, -0.2) is 4.99 Å². The van der Waals surface area contributed by atoms with Crippen LogP contribution in [0, 0.1) is 0 Å². The van der Waals surface area contributed by atoms with Crippen LogP contribution >= 0.6 is 0 Å². The van der Waals surface area contributed by atoms with E-state index in [1.165, 1.54) is 6.42 Å². The van der Waals surface area contributed by atoms with E-state index >= 15 is 0 Å². The molecule has 0 saturated heterocycles. The molecule has 2 atom stereocenters. The van der Waals surface area contributed by atoms with Crippen LogP contribution in [0.15, 0.2) is 89.9 Å². The lowest BCUT2D eigenvalue weighted by atomic mass is 9.93. The minimum absolute atomic E-state index is 0.128. The Morgan fingerprint density at radius 2 is 1.51 bits per heavy atom. The highest BCUT2D eigenvalue weighted by molar-refractivity contribution is 6.21. The third-order valence-electron chi connectivity index (χ3n) is 7.12. The molecule has 5 heteroatoms. The molecule has 5 nitrogen and oxygen atoms in total. The number of hydrogen-bond donors (Lipinski definition) is 1. The van der Waals surface area contributed by atoms with Crippen molar-refractivity contribution in [1.82, 2.24) is 10.2 Å². The summed E-state index contributed by atoms with van der Waals surface area (Å²) in [5.74, 6) is -0.348. The Labute approximate surface area is 206 Å². The van der Waals surface area contributed by atoms with Crippen LogP contribution in [-0.2, 0) is 4.79 Å². The van der Waals surface area contributed by atoms with Gasteiger partial charge >= 0.3 is 0 Å². The molecule has 1 aliphatic heterocycles. The fraction of sp³-hybridized carbons (Fsp3) is 0.300. The topological polar surface area (TPSA) is 61.8 Å². The van der Waals surface area contributed by atoms with Crippen LogP contribution in [0.2, 0.25) is 0 Å². The average Bonchev–Trinajstić information content (AvgIpc) is 3.04. The SMILES string of the molecule is C[C@@H](c1ccccc1)N1C(=O)c2ccccc2N=C(c2ccccc2)[C@H]1C(=O)NC1CCCCC1. The van der Waals surface area contributed by atoms with Gasteiger partial charge in [-0.05, 0) is 43.0 Å². The normalized spacial score (nSPS) is 19.3. The molecule has 2 aliphatic rings. The number of hydrogen-bond acceptors (Lipinski definition) is 3. The molecule has 1 fully saturated rings. The Hall–Kier alpha value is -3.73. The highest BCUT2D eigenvalue weighted by Crippen LogP contribution is 2.34. The van der Waals surface area contributed by atoms with Gasteiger partial charge in [0.15, 0.2) is 6.04 Å². The van der Waals surface area contributed by atoms with E-state index in [0.29, 0.717) is 17.0 Å². The van der Waals surface area contributed by atoms with Crippen LogP contribution in [0.25, 0.3) is 0 Å². The number of benzene rings is 3. The van der Waals surface area contributed by atoms with Crippen molar-refractivity contribution in [2.45, 2.75) is 57.2 Å². The number of amides is 2. The highest BCUT2D eigenvalue weighted by Gasteiger charge is 2.41. The Balaban J connectivity index is 1.66. The van der Waals surface area contributed by atoms with Gasteiger partial charge in [0.25, 0.3) is 5.91 Å². The van der Waals surface area contributed by atoms with Crippen molar-refractivity contribution in [2.24, 2.45) is 4.99 Å². The van der Waals surface area contributed by atoms with Crippen molar-refractivity contribution in [2.75, 3.05) is 0 Å². The lowest BCUT2D eigenvalue weighted by Crippen LogP contribution is -2.56. The lowest BCUT2D eigenvalue weighted by Gasteiger charge is -2.37. The second-order valence-electron chi connectivity index (χ2n) is 9.43. The maximum Gasteiger partial charge on any atom is 0.257 e. The summed E-state index contributed by atoms with van der Waals surface area (Å²) in [5, 5.41) is 3.29. The second-order valence-corrected chi connectivity index (χ2v) is 9.43. The quantitative estimate of drug-likeness (QED) is 0.514. The van der Waals surface area contributed by atoms with E-state index in [1.807, 2.05) is 85.8 Å². The van der Waals surface area contributed by atoms with Gasteiger partial charge in [0, 0.05) is 6.04 Å². The second kappa shape index (κ2) is 10.3. The van der Waals surface area contributed by atoms with Gasteiger partial charge in [-0.2, -0.15) is 0 Å². The van der Waals surface area contributed by atoms with E-state index in [0.717, 1.165) is 36.8 Å². The fourth-order valence-corrected chi connectivity index (χ4v) is 5.23. The fourth-order valence-electron chi connectivity index (χ4n) is 5.23. The molecule has 0 radical (unpaired) electrons. The van der Waals surface area contributed by atoms with Gasteiger partial charge in [0.2, 0.25) is 5.91 Å². The largest absolute Gasteiger partial charge is 0.351 e. The number of fused-ring (bicyclic) bond motifs is 1. The van der Waals surface area contributed by atoms with Crippen molar-refractivity contribution < 1.29 is 9.59 Å². The summed E-state index contributed by atoms with van der Waals surface area (Å²) in [6.07, 6.45) is 5.38. The number of aliphatic imine (C=N–C) groups is 1. The molecule has 1 saturated carbocycles. The molecule has 5 rings (SSSR count). The predicted octanol–water partition coefficient (Wildman–Crippen LogP) is 5.84. The molecule has 178 valence electrons. The molecule has 0 aromatic heterocycles. The van der Waals surface area contributed by atoms with Crippen molar-refractivity contribution in [3.8, 4) is 0 Å². The molecule has 0 spiro atoms. The first kappa shape index (κ1) is 23.0. The predicted molar refractivity (Wildman–Crippen MR) is 139 cm³/mol. The third kappa shape index (κ3) is 4.76. The Kier molecular flexibility index (Phi) is 6.75. The minimum atomic E-state index is -0.852. The Bertz CT molecular complexity index is 1220. The Morgan fingerprint density at radius 3 is 2.23 bits per heavy atom. The molecule has 2 amide bonds. The van der Waals surface area contributed by atoms with Crippen molar-refractivity contribution in [3.05, 3.63) is 102 Å². The minimum Gasteiger partial charge on any atom is -0.351 e. The molecular weight excluding hydrogens is 434 g/mol. The highest BCUT2D eigenvalue weighted by atomic mass is 16.2. The van der Waals surface area contributed by atoms with Gasteiger partial charge in [0.05, 0.1) is 23.0 Å². The zero-order chi connectivity index (χ0) is 24.2. The smallest absolute Gasteiger partial charge is 0.257 e. The first-order valence-corrected chi connectivity index (χ1v) is 12.5. The molecule has 3 aromatic rings. The monoisotopic (exact) mass is 465 g/mol. The van der Waals surface area contributed by atoms with Crippen molar-refractivity contribution >= 4 is 23.2 Å². The molecule has 0 unspecified atom stereocenters. The van der Waals surface area contributed by atoms with Crippen LogP contribution in [-0.4, -0.2) is 34.5 Å². The van der Waals surface area contributed by atoms with E-state index in [1.54, 1.807) is 11.0 Å². The molecule has 0 bridgehead atoms. The summed E-state index contributed by atoms with van der Waals surface area (Å²) in [7, 11) is 0. The first-order chi connectivity index (χ1) is 17.1. The van der Waals surface area contributed by atoms with E-state index < -0.39 is 6.04 Å². The summed E-state index contributed by atoms with van der Waals surface area (Å²) in [4.78, 5) is 34.9. The number of nitrogens with one attached hydrogen (secondary N) is 1. The average molecular weight is 466 g/mol.